The smallest absolute Gasteiger partial charge is 0.0195 e. The van der Waals surface area contributed by atoms with E-state index in [1.165, 1.54) is 25.1 Å². The number of likely N-dealkylation sites (N-methyl/N-ethyl adjacent to an activating group) is 1. The van der Waals surface area contributed by atoms with Gasteiger partial charge >= 0.3 is 0 Å². The molecule has 3 nitrogen and oxygen atoms in total. The Balaban J connectivity index is 1.77. The molecule has 1 aromatic rings. The zero-order valence-corrected chi connectivity index (χ0v) is 13.0. The molecule has 0 aromatic heterocycles. The minimum atomic E-state index is 0.279. The molecule has 2 atom stereocenters. The molecule has 2 unspecified atom stereocenters. The second-order valence-corrected chi connectivity index (χ2v) is 6.24. The van der Waals surface area contributed by atoms with Crippen LogP contribution in [0, 0.1) is 0 Å². The largest absolute Gasteiger partial charge is 0.327 e. The van der Waals surface area contributed by atoms with Crippen molar-refractivity contribution in [3.8, 4) is 0 Å². The number of hydrogen-bond acceptors (Lipinski definition) is 3. The zero-order valence-electron chi connectivity index (χ0n) is 13.0. The van der Waals surface area contributed by atoms with Crippen molar-refractivity contribution in [1.29, 1.82) is 0 Å². The molecule has 0 amide bonds. The highest BCUT2D eigenvalue weighted by Gasteiger charge is 2.21. The van der Waals surface area contributed by atoms with Gasteiger partial charge in [-0.3, -0.25) is 4.90 Å². The third-order valence-electron chi connectivity index (χ3n) is 4.30. The van der Waals surface area contributed by atoms with Crippen molar-refractivity contribution in [2.45, 2.75) is 38.3 Å². The van der Waals surface area contributed by atoms with Crippen LogP contribution in [0.2, 0.25) is 0 Å². The normalized spacial score (nSPS) is 23.4. The second-order valence-electron chi connectivity index (χ2n) is 6.24. The lowest BCUT2D eigenvalue weighted by molar-refractivity contribution is 0.189. The van der Waals surface area contributed by atoms with Crippen molar-refractivity contribution in [3.05, 3.63) is 35.9 Å². The molecule has 0 saturated carbocycles. The second kappa shape index (κ2) is 7.77. The first-order valence-corrected chi connectivity index (χ1v) is 7.87. The Morgan fingerprint density at radius 2 is 2.00 bits per heavy atom. The van der Waals surface area contributed by atoms with Crippen LogP contribution in [0.5, 0.6) is 0 Å². The van der Waals surface area contributed by atoms with Crippen LogP contribution in [0.4, 0.5) is 0 Å². The Bertz CT molecular complexity index is 379. The van der Waals surface area contributed by atoms with E-state index in [1.54, 1.807) is 0 Å². The van der Waals surface area contributed by atoms with E-state index in [0.29, 0.717) is 6.04 Å². The van der Waals surface area contributed by atoms with Gasteiger partial charge in [0.2, 0.25) is 0 Å². The van der Waals surface area contributed by atoms with Gasteiger partial charge in [0, 0.05) is 25.2 Å². The third kappa shape index (κ3) is 4.89. The highest BCUT2D eigenvalue weighted by atomic mass is 15.2. The van der Waals surface area contributed by atoms with Crippen molar-refractivity contribution in [3.63, 3.8) is 0 Å². The zero-order chi connectivity index (χ0) is 14.4. The molecule has 0 radical (unpaired) electrons. The lowest BCUT2D eigenvalue weighted by atomic mass is 10.0. The first kappa shape index (κ1) is 15.5. The molecule has 1 saturated heterocycles. The van der Waals surface area contributed by atoms with Gasteiger partial charge in [-0.1, -0.05) is 30.3 Å². The predicted octanol–water partition coefficient (Wildman–Crippen LogP) is 1.97. The lowest BCUT2D eigenvalue weighted by Gasteiger charge is -2.30. The molecule has 1 aromatic carbocycles. The van der Waals surface area contributed by atoms with E-state index in [0.717, 1.165) is 25.9 Å². The average Bonchev–Trinajstić information content (AvgIpc) is 2.59. The molecule has 3 heteroatoms. The fourth-order valence-electron chi connectivity index (χ4n) is 3.08. The van der Waals surface area contributed by atoms with E-state index in [-0.39, 0.29) is 6.04 Å². The van der Waals surface area contributed by atoms with Gasteiger partial charge < -0.3 is 10.6 Å². The standard InChI is InChI=1S/C17H29N3/c1-15-13-19(2)11-6-12-20(15)14-17(18)10-9-16-7-4-3-5-8-16/h3-5,7-8,15,17H,6,9-14,18H2,1-2H3. The van der Waals surface area contributed by atoms with Crippen molar-refractivity contribution in [2.24, 2.45) is 5.73 Å². The molecule has 2 N–H and O–H groups in total. The van der Waals surface area contributed by atoms with Crippen LogP contribution in [-0.4, -0.2) is 55.1 Å². The number of aryl methyl sites for hydroxylation is 1. The van der Waals surface area contributed by atoms with E-state index >= 15 is 0 Å². The van der Waals surface area contributed by atoms with Crippen LogP contribution < -0.4 is 5.73 Å². The molecule has 2 rings (SSSR count). The van der Waals surface area contributed by atoms with Crippen LogP contribution in [0.1, 0.15) is 25.3 Å². The van der Waals surface area contributed by atoms with E-state index in [9.17, 15) is 0 Å². The molecule has 112 valence electrons. The van der Waals surface area contributed by atoms with Crippen molar-refractivity contribution >= 4 is 0 Å². The van der Waals surface area contributed by atoms with Gasteiger partial charge in [0.1, 0.15) is 0 Å². The highest BCUT2D eigenvalue weighted by Crippen LogP contribution is 2.11. The minimum absolute atomic E-state index is 0.279. The summed E-state index contributed by atoms with van der Waals surface area (Å²) in [6.45, 7) is 6.91. The van der Waals surface area contributed by atoms with Crippen molar-refractivity contribution in [1.82, 2.24) is 9.80 Å². The number of hydrogen-bond donors (Lipinski definition) is 1. The summed E-state index contributed by atoms with van der Waals surface area (Å²) in [6, 6.07) is 11.6. The topological polar surface area (TPSA) is 32.5 Å². The van der Waals surface area contributed by atoms with Gasteiger partial charge in [-0.2, -0.15) is 0 Å². The summed E-state index contributed by atoms with van der Waals surface area (Å²) in [5, 5.41) is 0. The Hall–Kier alpha value is -0.900. The van der Waals surface area contributed by atoms with Crippen LogP contribution in [0.3, 0.4) is 0 Å². The average molecular weight is 275 g/mol. The maximum Gasteiger partial charge on any atom is 0.0195 e. The van der Waals surface area contributed by atoms with Crippen LogP contribution >= 0.6 is 0 Å². The number of rotatable bonds is 5. The summed E-state index contributed by atoms with van der Waals surface area (Å²) in [5.74, 6) is 0. The Morgan fingerprint density at radius 3 is 2.75 bits per heavy atom. The first-order valence-electron chi connectivity index (χ1n) is 7.87. The third-order valence-corrected chi connectivity index (χ3v) is 4.30. The Morgan fingerprint density at radius 1 is 1.25 bits per heavy atom. The van der Waals surface area contributed by atoms with Gasteiger partial charge in [0.15, 0.2) is 0 Å². The summed E-state index contributed by atoms with van der Waals surface area (Å²) in [4.78, 5) is 5.00. The SMILES string of the molecule is CC1CN(C)CCCN1CC(N)CCc1ccccc1. The molecule has 1 aliphatic rings. The minimum Gasteiger partial charge on any atom is -0.327 e. The first-order chi connectivity index (χ1) is 9.65. The van der Waals surface area contributed by atoms with Crippen molar-refractivity contribution < 1.29 is 0 Å². The molecule has 1 heterocycles. The van der Waals surface area contributed by atoms with Gasteiger partial charge in [0.05, 0.1) is 0 Å². The van der Waals surface area contributed by atoms with E-state index in [1.807, 2.05) is 0 Å². The lowest BCUT2D eigenvalue weighted by Crippen LogP contribution is -2.44. The van der Waals surface area contributed by atoms with Gasteiger partial charge in [-0.15, -0.1) is 0 Å². The van der Waals surface area contributed by atoms with Crippen LogP contribution in [0.15, 0.2) is 30.3 Å². The Kier molecular flexibility index (Phi) is 6.02. The van der Waals surface area contributed by atoms with Crippen LogP contribution in [-0.2, 0) is 6.42 Å². The van der Waals surface area contributed by atoms with Gasteiger partial charge in [-0.05, 0) is 51.9 Å². The summed E-state index contributed by atoms with van der Waals surface area (Å²) in [7, 11) is 2.22. The maximum absolute atomic E-state index is 6.34. The van der Waals surface area contributed by atoms with Crippen molar-refractivity contribution in [2.75, 3.05) is 33.2 Å². The quantitative estimate of drug-likeness (QED) is 0.892. The molecule has 0 bridgehead atoms. The molecule has 1 fully saturated rings. The molecule has 1 aliphatic heterocycles. The number of nitrogens with zero attached hydrogens (tertiary/aromatic N) is 2. The molecular weight excluding hydrogens is 246 g/mol. The fraction of sp³-hybridized carbons (Fsp3) is 0.647. The molecule has 0 spiro atoms. The van der Waals surface area contributed by atoms with E-state index in [2.05, 4.69) is 54.1 Å². The summed E-state index contributed by atoms with van der Waals surface area (Å²) in [5.41, 5.74) is 7.74. The highest BCUT2D eigenvalue weighted by molar-refractivity contribution is 5.14. The van der Waals surface area contributed by atoms with E-state index < -0.39 is 0 Å². The van der Waals surface area contributed by atoms with E-state index in [4.69, 9.17) is 5.73 Å². The summed E-state index contributed by atoms with van der Waals surface area (Å²) < 4.78 is 0. The molecular formula is C17H29N3. The summed E-state index contributed by atoms with van der Waals surface area (Å²) >= 11 is 0. The maximum atomic E-state index is 6.34. The van der Waals surface area contributed by atoms with Crippen LogP contribution in [0.25, 0.3) is 0 Å². The predicted molar refractivity (Wildman–Crippen MR) is 85.9 cm³/mol. The van der Waals surface area contributed by atoms with Gasteiger partial charge in [0.25, 0.3) is 0 Å². The Labute approximate surface area is 123 Å². The molecule has 0 aliphatic carbocycles. The monoisotopic (exact) mass is 275 g/mol. The fourth-order valence-corrected chi connectivity index (χ4v) is 3.08. The van der Waals surface area contributed by atoms with Gasteiger partial charge in [-0.25, -0.2) is 0 Å². The number of benzene rings is 1. The molecule has 20 heavy (non-hydrogen) atoms. The summed E-state index contributed by atoms with van der Waals surface area (Å²) in [6.07, 6.45) is 3.42. The number of nitrogens with two attached hydrogens (primary N) is 1.